The number of hydrogen-bond donors (Lipinski definition) is 2. The van der Waals surface area contributed by atoms with Crippen LogP contribution in [0.25, 0.3) is 11.3 Å². The monoisotopic (exact) mass is 548 g/mol. The first kappa shape index (κ1) is 26.6. The van der Waals surface area contributed by atoms with Crippen molar-refractivity contribution in [2.24, 2.45) is 5.10 Å². The number of nitrogens with zero attached hydrogens (tertiary/aromatic N) is 2. The van der Waals surface area contributed by atoms with E-state index in [0.29, 0.717) is 23.7 Å². The number of anilines is 2. The standard InChI is InChI=1S/C32H28N4O3S/c1-22-8-15-27(16-9-22)34-32-35-28(21-40-32)25-11-13-26(14-12-25)31(37)36-33-19-24-10-17-29(30(18-24)38-2)39-20-23-6-4-3-5-7-23/h3-19,21H,20H2,1-2H3,(H,34,35)(H,36,37)/b33-19-. The number of methoxy groups -OCH3 is 1. The van der Waals surface area contributed by atoms with E-state index in [0.717, 1.165) is 33.2 Å². The summed E-state index contributed by atoms with van der Waals surface area (Å²) in [6.45, 7) is 2.49. The van der Waals surface area contributed by atoms with Gasteiger partial charge in [-0.05, 0) is 60.5 Å². The van der Waals surface area contributed by atoms with E-state index in [1.165, 1.54) is 16.9 Å². The maximum absolute atomic E-state index is 12.6. The van der Waals surface area contributed by atoms with Crippen LogP contribution in [0.5, 0.6) is 11.5 Å². The highest BCUT2D eigenvalue weighted by Crippen LogP contribution is 2.29. The van der Waals surface area contributed by atoms with Gasteiger partial charge in [0.15, 0.2) is 16.6 Å². The fourth-order valence-electron chi connectivity index (χ4n) is 3.87. The second kappa shape index (κ2) is 12.7. The molecule has 200 valence electrons. The van der Waals surface area contributed by atoms with E-state index in [1.54, 1.807) is 31.5 Å². The first-order chi connectivity index (χ1) is 19.6. The average molecular weight is 549 g/mol. The van der Waals surface area contributed by atoms with Crippen LogP contribution in [0.4, 0.5) is 10.8 Å². The Balaban J connectivity index is 1.16. The van der Waals surface area contributed by atoms with Crippen LogP contribution in [0.1, 0.15) is 27.0 Å². The molecule has 5 aromatic rings. The maximum atomic E-state index is 12.6. The molecule has 1 aromatic heterocycles. The van der Waals surface area contributed by atoms with Gasteiger partial charge < -0.3 is 14.8 Å². The van der Waals surface area contributed by atoms with Gasteiger partial charge in [-0.1, -0.05) is 60.2 Å². The van der Waals surface area contributed by atoms with Crippen molar-refractivity contribution in [2.75, 3.05) is 12.4 Å². The molecule has 8 heteroatoms. The third kappa shape index (κ3) is 6.92. The molecule has 0 saturated heterocycles. The Morgan fingerprint density at radius 2 is 1.73 bits per heavy atom. The molecule has 1 amide bonds. The lowest BCUT2D eigenvalue weighted by Gasteiger charge is -2.11. The first-order valence-electron chi connectivity index (χ1n) is 12.7. The zero-order chi connectivity index (χ0) is 27.7. The van der Waals surface area contributed by atoms with Crippen LogP contribution >= 0.6 is 11.3 Å². The minimum Gasteiger partial charge on any atom is -0.493 e. The second-order valence-corrected chi connectivity index (χ2v) is 9.85. The van der Waals surface area contributed by atoms with Crippen LogP contribution in [0, 0.1) is 6.92 Å². The Kier molecular flexibility index (Phi) is 8.48. The predicted molar refractivity (Wildman–Crippen MR) is 161 cm³/mol. The molecule has 0 unspecified atom stereocenters. The van der Waals surface area contributed by atoms with Crippen molar-refractivity contribution in [3.63, 3.8) is 0 Å². The SMILES string of the molecule is COc1cc(/C=N\NC(=O)c2ccc(-c3csc(Nc4ccc(C)cc4)n3)cc2)ccc1OCc1ccccc1. The summed E-state index contributed by atoms with van der Waals surface area (Å²) in [5.41, 5.74) is 8.87. The molecule has 5 rings (SSSR count). The van der Waals surface area contributed by atoms with E-state index in [9.17, 15) is 4.79 Å². The van der Waals surface area contributed by atoms with Crippen molar-refractivity contribution in [1.29, 1.82) is 0 Å². The Morgan fingerprint density at radius 3 is 2.48 bits per heavy atom. The number of thiazole rings is 1. The molecule has 0 aliphatic rings. The van der Waals surface area contributed by atoms with Gasteiger partial charge in [-0.3, -0.25) is 4.79 Å². The minimum absolute atomic E-state index is 0.308. The van der Waals surface area contributed by atoms with Gasteiger partial charge in [0.2, 0.25) is 0 Å². The molecule has 0 spiro atoms. The largest absolute Gasteiger partial charge is 0.493 e. The normalized spacial score (nSPS) is 10.8. The predicted octanol–water partition coefficient (Wildman–Crippen LogP) is 7.21. The number of rotatable bonds is 10. The van der Waals surface area contributed by atoms with Crippen molar-refractivity contribution in [1.82, 2.24) is 10.4 Å². The molecular weight excluding hydrogens is 520 g/mol. The number of aryl methyl sites for hydroxylation is 1. The van der Waals surface area contributed by atoms with Crippen LogP contribution in [-0.2, 0) is 6.61 Å². The zero-order valence-electron chi connectivity index (χ0n) is 22.1. The Morgan fingerprint density at radius 1 is 0.950 bits per heavy atom. The lowest BCUT2D eigenvalue weighted by molar-refractivity contribution is 0.0955. The topological polar surface area (TPSA) is 84.8 Å². The smallest absolute Gasteiger partial charge is 0.271 e. The third-order valence-corrected chi connectivity index (χ3v) is 6.81. The van der Waals surface area contributed by atoms with Gasteiger partial charge in [0.25, 0.3) is 5.91 Å². The highest BCUT2D eigenvalue weighted by Gasteiger charge is 2.09. The number of benzene rings is 4. The number of carbonyl (C=O) groups excluding carboxylic acids is 1. The Hall–Kier alpha value is -4.95. The lowest BCUT2D eigenvalue weighted by atomic mass is 10.1. The summed E-state index contributed by atoms with van der Waals surface area (Å²) in [4.78, 5) is 17.3. The van der Waals surface area contributed by atoms with Crippen LogP contribution in [0.2, 0.25) is 0 Å². The van der Waals surface area contributed by atoms with Crippen LogP contribution in [0.15, 0.2) is 108 Å². The number of amides is 1. The Bertz CT molecular complexity index is 1600. The number of hydrogen-bond acceptors (Lipinski definition) is 7. The van der Waals surface area contributed by atoms with Crippen molar-refractivity contribution < 1.29 is 14.3 Å². The minimum atomic E-state index is -0.308. The second-order valence-electron chi connectivity index (χ2n) is 8.99. The summed E-state index contributed by atoms with van der Waals surface area (Å²) in [7, 11) is 1.59. The van der Waals surface area contributed by atoms with Gasteiger partial charge in [0, 0.05) is 22.2 Å². The number of hydrazone groups is 1. The summed E-state index contributed by atoms with van der Waals surface area (Å²) < 4.78 is 11.4. The summed E-state index contributed by atoms with van der Waals surface area (Å²) in [6.07, 6.45) is 1.56. The van der Waals surface area contributed by atoms with E-state index in [1.807, 2.05) is 72.1 Å². The Labute approximate surface area is 237 Å². The zero-order valence-corrected chi connectivity index (χ0v) is 22.9. The highest BCUT2D eigenvalue weighted by molar-refractivity contribution is 7.14. The van der Waals surface area contributed by atoms with E-state index in [4.69, 9.17) is 9.47 Å². The van der Waals surface area contributed by atoms with Crippen molar-refractivity contribution in [3.05, 3.63) is 125 Å². The molecule has 0 aliphatic carbocycles. The van der Waals surface area contributed by atoms with E-state index in [-0.39, 0.29) is 5.91 Å². The number of aromatic nitrogens is 1. The maximum Gasteiger partial charge on any atom is 0.271 e. The average Bonchev–Trinajstić information content (AvgIpc) is 3.46. The molecule has 0 radical (unpaired) electrons. The first-order valence-corrected chi connectivity index (χ1v) is 13.5. The molecule has 0 fully saturated rings. The van der Waals surface area contributed by atoms with Crippen LogP contribution < -0.4 is 20.2 Å². The molecule has 0 saturated carbocycles. The number of ether oxygens (including phenoxy) is 2. The number of nitrogens with one attached hydrogen (secondary N) is 2. The molecule has 0 aliphatic heterocycles. The van der Waals surface area contributed by atoms with Crippen molar-refractivity contribution in [2.45, 2.75) is 13.5 Å². The van der Waals surface area contributed by atoms with Gasteiger partial charge in [-0.2, -0.15) is 5.10 Å². The summed E-state index contributed by atoms with van der Waals surface area (Å²) in [5.74, 6) is 0.907. The van der Waals surface area contributed by atoms with Gasteiger partial charge in [-0.25, -0.2) is 10.4 Å². The summed E-state index contributed by atoms with van der Waals surface area (Å²) >= 11 is 1.53. The van der Waals surface area contributed by atoms with E-state index >= 15 is 0 Å². The third-order valence-electron chi connectivity index (χ3n) is 6.05. The van der Waals surface area contributed by atoms with Gasteiger partial charge in [0.1, 0.15) is 6.61 Å². The van der Waals surface area contributed by atoms with Crippen molar-refractivity contribution in [3.8, 4) is 22.8 Å². The summed E-state index contributed by atoms with van der Waals surface area (Å²) in [5, 5.41) is 10.2. The van der Waals surface area contributed by atoms with Gasteiger partial charge >= 0.3 is 0 Å². The van der Waals surface area contributed by atoms with Crippen LogP contribution in [-0.4, -0.2) is 24.2 Å². The van der Waals surface area contributed by atoms with Gasteiger partial charge in [-0.15, -0.1) is 11.3 Å². The van der Waals surface area contributed by atoms with Crippen LogP contribution in [0.3, 0.4) is 0 Å². The highest BCUT2D eigenvalue weighted by atomic mass is 32.1. The fraction of sp³-hybridized carbons (Fsp3) is 0.0938. The van der Waals surface area contributed by atoms with E-state index in [2.05, 4.69) is 39.9 Å². The molecule has 7 nitrogen and oxygen atoms in total. The van der Waals surface area contributed by atoms with Crippen molar-refractivity contribution >= 4 is 34.3 Å². The number of carbonyl (C=O) groups is 1. The molecule has 1 heterocycles. The molecule has 40 heavy (non-hydrogen) atoms. The van der Waals surface area contributed by atoms with E-state index < -0.39 is 0 Å². The molecule has 4 aromatic carbocycles. The molecule has 2 N–H and O–H groups in total. The lowest BCUT2D eigenvalue weighted by Crippen LogP contribution is -2.17. The molecular formula is C32H28N4O3S. The fourth-order valence-corrected chi connectivity index (χ4v) is 4.61. The molecule has 0 atom stereocenters. The molecule has 0 bridgehead atoms. The summed E-state index contributed by atoms with van der Waals surface area (Å²) in [6, 6.07) is 30.8. The van der Waals surface area contributed by atoms with Gasteiger partial charge in [0.05, 0.1) is 19.0 Å². The quantitative estimate of drug-likeness (QED) is 0.142.